The Kier molecular flexibility index (Phi) is 4.89. The van der Waals surface area contributed by atoms with E-state index in [0.29, 0.717) is 12.8 Å². The molecule has 1 unspecified atom stereocenters. The van der Waals surface area contributed by atoms with Crippen LogP contribution in [0.5, 0.6) is 0 Å². The molecule has 0 N–H and O–H groups in total. The molecule has 1 atom stereocenters. The van der Waals surface area contributed by atoms with E-state index in [-0.39, 0.29) is 11.4 Å². The zero-order chi connectivity index (χ0) is 20.8. The first-order chi connectivity index (χ1) is 13.7. The molecule has 0 aliphatic carbocycles. The Labute approximate surface area is 180 Å². The zero-order valence-corrected chi connectivity index (χ0v) is 18.9. The third kappa shape index (κ3) is 3.21. The van der Waals surface area contributed by atoms with E-state index in [2.05, 4.69) is 88.7 Å². The van der Waals surface area contributed by atoms with Crippen LogP contribution < -0.4 is 0 Å². The first-order valence-corrected chi connectivity index (χ1v) is 10.7. The van der Waals surface area contributed by atoms with Crippen LogP contribution in [-0.2, 0) is 10.3 Å². The minimum atomic E-state index is -0.447. The van der Waals surface area contributed by atoms with Crippen molar-refractivity contribution in [2.75, 3.05) is 7.05 Å². The topological polar surface area (TPSA) is 38.1 Å². The van der Waals surface area contributed by atoms with Gasteiger partial charge in [0.1, 0.15) is 5.82 Å². The highest BCUT2D eigenvalue weighted by Crippen LogP contribution is 2.49. The van der Waals surface area contributed by atoms with Gasteiger partial charge < -0.3 is 9.47 Å². The number of hydrogen-bond donors (Lipinski definition) is 0. The van der Waals surface area contributed by atoms with Gasteiger partial charge in [-0.25, -0.2) is 4.98 Å². The van der Waals surface area contributed by atoms with Gasteiger partial charge in [0.15, 0.2) is 0 Å². The number of halogens is 1. The van der Waals surface area contributed by atoms with Crippen molar-refractivity contribution in [2.45, 2.75) is 44.7 Å². The summed E-state index contributed by atoms with van der Waals surface area (Å²) in [5, 5.41) is 0. The van der Waals surface area contributed by atoms with Crippen molar-refractivity contribution in [1.29, 1.82) is 0 Å². The normalized spacial score (nSPS) is 17.7. The standard InChI is InChI=1S/C24H26BrN3O/c1-23(2,3)27(4)21(29)13-14-24(17-9-11-18(25)12-10-17)20-8-6-5-7-19(20)22-26-15-16-28(22)24/h5-12,15-16H,13-14H2,1-4H3. The number of amides is 1. The molecular weight excluding hydrogens is 426 g/mol. The number of nitrogens with zero attached hydrogens (tertiary/aromatic N) is 3. The molecule has 1 aliphatic rings. The molecule has 5 heteroatoms. The predicted octanol–water partition coefficient (Wildman–Crippen LogP) is 5.46. The van der Waals surface area contributed by atoms with E-state index in [4.69, 9.17) is 0 Å². The Hall–Kier alpha value is -2.40. The summed E-state index contributed by atoms with van der Waals surface area (Å²) in [7, 11) is 1.89. The summed E-state index contributed by atoms with van der Waals surface area (Å²) in [6.45, 7) is 6.19. The number of imidazole rings is 1. The second-order valence-electron chi connectivity index (χ2n) is 8.66. The van der Waals surface area contributed by atoms with Crippen LogP contribution in [0.25, 0.3) is 11.4 Å². The highest BCUT2D eigenvalue weighted by molar-refractivity contribution is 9.10. The summed E-state index contributed by atoms with van der Waals surface area (Å²) in [6, 6.07) is 16.8. The molecule has 3 aromatic rings. The van der Waals surface area contributed by atoms with Crippen LogP contribution in [0, 0.1) is 0 Å². The molecule has 4 rings (SSSR count). The molecule has 2 aromatic carbocycles. The fourth-order valence-electron chi connectivity index (χ4n) is 4.23. The van der Waals surface area contributed by atoms with Crippen LogP contribution in [0.1, 0.15) is 44.7 Å². The first-order valence-electron chi connectivity index (χ1n) is 9.91. The van der Waals surface area contributed by atoms with E-state index in [1.165, 1.54) is 5.56 Å². The lowest BCUT2D eigenvalue weighted by Crippen LogP contribution is -2.43. The first kappa shape index (κ1) is 19.9. The highest BCUT2D eigenvalue weighted by atomic mass is 79.9. The fraction of sp³-hybridized carbons (Fsp3) is 0.333. The van der Waals surface area contributed by atoms with Gasteiger partial charge in [-0.05, 0) is 50.5 Å². The van der Waals surface area contributed by atoms with Crippen LogP contribution in [0.3, 0.4) is 0 Å². The molecular formula is C24H26BrN3O. The quantitative estimate of drug-likeness (QED) is 0.528. The van der Waals surface area contributed by atoms with Crippen LogP contribution in [0.15, 0.2) is 65.4 Å². The summed E-state index contributed by atoms with van der Waals surface area (Å²) in [5.41, 5.74) is 2.86. The van der Waals surface area contributed by atoms with Crippen molar-refractivity contribution in [3.8, 4) is 11.4 Å². The molecule has 0 radical (unpaired) electrons. The fourth-order valence-corrected chi connectivity index (χ4v) is 4.49. The van der Waals surface area contributed by atoms with Crippen molar-refractivity contribution in [3.05, 3.63) is 76.5 Å². The summed E-state index contributed by atoms with van der Waals surface area (Å²) in [4.78, 5) is 19.5. The van der Waals surface area contributed by atoms with E-state index in [9.17, 15) is 4.79 Å². The van der Waals surface area contributed by atoms with Crippen LogP contribution in [0.2, 0.25) is 0 Å². The molecule has 1 aliphatic heterocycles. The summed E-state index contributed by atoms with van der Waals surface area (Å²) in [6.07, 6.45) is 5.02. The molecule has 0 fully saturated rings. The van der Waals surface area contributed by atoms with Gasteiger partial charge >= 0.3 is 0 Å². The Balaban J connectivity index is 1.83. The maximum atomic E-state index is 13.0. The van der Waals surface area contributed by atoms with Gasteiger partial charge in [0.2, 0.25) is 5.91 Å². The van der Waals surface area contributed by atoms with E-state index < -0.39 is 5.54 Å². The molecule has 0 saturated carbocycles. The van der Waals surface area contributed by atoms with E-state index in [1.807, 2.05) is 30.4 Å². The number of rotatable bonds is 4. The minimum absolute atomic E-state index is 0.153. The third-order valence-electron chi connectivity index (χ3n) is 6.07. The van der Waals surface area contributed by atoms with Gasteiger partial charge in [0.05, 0.1) is 5.54 Å². The highest BCUT2D eigenvalue weighted by Gasteiger charge is 2.45. The van der Waals surface area contributed by atoms with Gasteiger partial charge in [-0.2, -0.15) is 0 Å². The van der Waals surface area contributed by atoms with Crippen molar-refractivity contribution in [2.24, 2.45) is 0 Å². The van der Waals surface area contributed by atoms with Crippen molar-refractivity contribution in [1.82, 2.24) is 14.5 Å². The van der Waals surface area contributed by atoms with Crippen LogP contribution in [0.4, 0.5) is 0 Å². The molecule has 1 aromatic heterocycles. The van der Waals surface area contributed by atoms with Crippen molar-refractivity contribution < 1.29 is 4.79 Å². The van der Waals surface area contributed by atoms with Crippen molar-refractivity contribution >= 4 is 21.8 Å². The van der Waals surface area contributed by atoms with E-state index in [0.717, 1.165) is 21.4 Å². The predicted molar refractivity (Wildman–Crippen MR) is 120 cm³/mol. The lowest BCUT2D eigenvalue weighted by atomic mass is 9.79. The maximum absolute atomic E-state index is 13.0. The number of fused-ring (bicyclic) bond motifs is 3. The van der Waals surface area contributed by atoms with E-state index >= 15 is 0 Å². The molecule has 29 heavy (non-hydrogen) atoms. The Morgan fingerprint density at radius 3 is 2.52 bits per heavy atom. The number of carbonyl (C=O) groups is 1. The van der Waals surface area contributed by atoms with Crippen molar-refractivity contribution in [3.63, 3.8) is 0 Å². The molecule has 150 valence electrons. The number of aromatic nitrogens is 2. The average Bonchev–Trinajstić information content (AvgIpc) is 3.27. The van der Waals surface area contributed by atoms with Gasteiger partial charge in [0, 0.05) is 41.4 Å². The number of hydrogen-bond acceptors (Lipinski definition) is 2. The molecule has 0 saturated heterocycles. The molecule has 1 amide bonds. The Bertz CT molecular complexity index is 1050. The smallest absolute Gasteiger partial charge is 0.222 e. The molecule has 2 heterocycles. The SMILES string of the molecule is CN(C(=O)CCC1(c2ccc(Br)cc2)c2ccccc2-c2nccn21)C(C)(C)C. The molecule has 4 nitrogen and oxygen atoms in total. The molecule has 0 bridgehead atoms. The lowest BCUT2D eigenvalue weighted by molar-refractivity contribution is -0.134. The Morgan fingerprint density at radius 2 is 1.83 bits per heavy atom. The van der Waals surface area contributed by atoms with Crippen LogP contribution in [-0.4, -0.2) is 32.9 Å². The summed E-state index contributed by atoms with van der Waals surface area (Å²) >= 11 is 3.55. The minimum Gasteiger partial charge on any atom is -0.341 e. The van der Waals surface area contributed by atoms with Crippen LogP contribution >= 0.6 is 15.9 Å². The second kappa shape index (κ2) is 7.13. The number of benzene rings is 2. The Morgan fingerprint density at radius 1 is 1.14 bits per heavy atom. The third-order valence-corrected chi connectivity index (χ3v) is 6.60. The monoisotopic (exact) mass is 451 g/mol. The van der Waals surface area contributed by atoms with Gasteiger partial charge in [-0.3, -0.25) is 4.79 Å². The van der Waals surface area contributed by atoms with E-state index in [1.54, 1.807) is 0 Å². The molecule has 0 spiro atoms. The largest absolute Gasteiger partial charge is 0.341 e. The maximum Gasteiger partial charge on any atom is 0.222 e. The number of carbonyl (C=O) groups excluding carboxylic acids is 1. The zero-order valence-electron chi connectivity index (χ0n) is 17.3. The second-order valence-corrected chi connectivity index (χ2v) is 9.57. The summed E-state index contributed by atoms with van der Waals surface area (Å²) in [5.74, 6) is 1.11. The van der Waals surface area contributed by atoms with Gasteiger partial charge in [0.25, 0.3) is 0 Å². The lowest BCUT2D eigenvalue weighted by Gasteiger charge is -2.36. The van der Waals surface area contributed by atoms with Gasteiger partial charge in [-0.15, -0.1) is 0 Å². The summed E-state index contributed by atoms with van der Waals surface area (Å²) < 4.78 is 3.28. The van der Waals surface area contributed by atoms with Gasteiger partial charge in [-0.1, -0.05) is 52.3 Å². The average molecular weight is 452 g/mol.